The van der Waals surface area contributed by atoms with Crippen molar-refractivity contribution in [1.29, 1.82) is 0 Å². The van der Waals surface area contributed by atoms with Gasteiger partial charge in [-0.25, -0.2) is 4.79 Å². The lowest BCUT2D eigenvalue weighted by atomic mass is 10.2. The maximum atomic E-state index is 12.2. The van der Waals surface area contributed by atoms with Crippen molar-refractivity contribution in [2.45, 2.75) is 59.6 Å². The number of hydrogen-bond donors (Lipinski definition) is 2. The zero-order valence-electron chi connectivity index (χ0n) is 15.4. The van der Waals surface area contributed by atoms with Crippen LogP contribution in [0, 0.1) is 12.3 Å². The highest BCUT2D eigenvalue weighted by molar-refractivity contribution is 5.79. The van der Waals surface area contributed by atoms with E-state index in [2.05, 4.69) is 21.5 Å². The fourth-order valence-electron chi connectivity index (χ4n) is 1.79. The van der Waals surface area contributed by atoms with E-state index in [0.717, 1.165) is 13.0 Å². The summed E-state index contributed by atoms with van der Waals surface area (Å²) in [5.41, 5.74) is -0.486. The summed E-state index contributed by atoms with van der Waals surface area (Å²) in [6.45, 7) is 14.0. The monoisotopic (exact) mass is 324 g/mol. The molecule has 6 heteroatoms. The van der Waals surface area contributed by atoms with Crippen molar-refractivity contribution in [2.24, 2.45) is 4.99 Å². The van der Waals surface area contributed by atoms with Crippen LogP contribution in [0.5, 0.6) is 0 Å². The summed E-state index contributed by atoms with van der Waals surface area (Å²) in [6.07, 6.45) is 5.70. The molecule has 132 valence electrons. The molecule has 0 atom stereocenters. The van der Waals surface area contributed by atoms with Gasteiger partial charge < -0.3 is 20.3 Å². The fourth-order valence-corrected chi connectivity index (χ4v) is 1.79. The largest absolute Gasteiger partial charge is 0.444 e. The third kappa shape index (κ3) is 10.5. The first-order valence-corrected chi connectivity index (χ1v) is 8.16. The molecule has 0 aliphatic carbocycles. The Morgan fingerprint density at radius 2 is 2.00 bits per heavy atom. The fraction of sp³-hybridized carbons (Fsp3) is 0.765. The van der Waals surface area contributed by atoms with Crippen molar-refractivity contribution < 1.29 is 9.53 Å². The number of nitrogens with one attached hydrogen (secondary N) is 2. The summed E-state index contributed by atoms with van der Waals surface area (Å²) in [5.74, 6) is 3.21. The zero-order chi connectivity index (χ0) is 17.9. The van der Waals surface area contributed by atoms with Crippen LogP contribution in [0.3, 0.4) is 0 Å². The number of amides is 1. The lowest BCUT2D eigenvalue weighted by molar-refractivity contribution is 0.0190. The number of rotatable bonds is 7. The quantitative estimate of drug-likeness (QED) is 0.326. The molecule has 0 bridgehead atoms. The normalized spacial score (nSPS) is 11.8. The topological polar surface area (TPSA) is 66.0 Å². The van der Waals surface area contributed by atoms with Gasteiger partial charge in [-0.1, -0.05) is 5.92 Å². The summed E-state index contributed by atoms with van der Waals surface area (Å²) < 4.78 is 5.44. The van der Waals surface area contributed by atoms with Gasteiger partial charge in [-0.15, -0.1) is 6.42 Å². The van der Waals surface area contributed by atoms with Crippen LogP contribution in [0.25, 0.3) is 0 Å². The van der Waals surface area contributed by atoms with Crippen molar-refractivity contribution >= 4 is 12.1 Å². The molecule has 0 aromatic carbocycles. The minimum atomic E-state index is -0.486. The first kappa shape index (κ1) is 21.1. The van der Waals surface area contributed by atoms with Crippen molar-refractivity contribution in [2.75, 3.05) is 26.2 Å². The maximum Gasteiger partial charge on any atom is 0.410 e. The highest BCUT2D eigenvalue weighted by Crippen LogP contribution is 2.12. The predicted molar refractivity (Wildman–Crippen MR) is 95.5 cm³/mol. The van der Waals surface area contributed by atoms with Crippen molar-refractivity contribution in [3.8, 4) is 12.3 Å². The average Bonchev–Trinajstić information content (AvgIpc) is 2.41. The molecule has 23 heavy (non-hydrogen) atoms. The highest BCUT2D eigenvalue weighted by atomic mass is 16.6. The number of terminal acetylenes is 1. The van der Waals surface area contributed by atoms with E-state index in [9.17, 15) is 4.79 Å². The number of nitrogens with zero attached hydrogens (tertiary/aromatic N) is 2. The molecule has 0 aromatic rings. The number of hydrogen-bond acceptors (Lipinski definition) is 3. The zero-order valence-corrected chi connectivity index (χ0v) is 15.4. The number of carbonyl (C=O) groups excluding carboxylic acids is 1. The van der Waals surface area contributed by atoms with E-state index >= 15 is 0 Å². The van der Waals surface area contributed by atoms with E-state index < -0.39 is 5.60 Å². The highest BCUT2D eigenvalue weighted by Gasteiger charge is 2.23. The Kier molecular flexibility index (Phi) is 9.87. The molecule has 0 radical (unpaired) electrons. The summed E-state index contributed by atoms with van der Waals surface area (Å²) in [4.78, 5) is 18.4. The van der Waals surface area contributed by atoms with Crippen LogP contribution in [-0.2, 0) is 4.74 Å². The molecule has 6 nitrogen and oxygen atoms in total. The molecule has 0 aliphatic heterocycles. The third-order valence-corrected chi connectivity index (χ3v) is 2.78. The van der Waals surface area contributed by atoms with Crippen LogP contribution in [-0.4, -0.2) is 54.8 Å². The number of carbonyl (C=O) groups is 1. The van der Waals surface area contributed by atoms with Gasteiger partial charge in [0.05, 0.1) is 6.54 Å². The van der Waals surface area contributed by atoms with E-state index in [-0.39, 0.29) is 12.1 Å². The lowest BCUT2D eigenvalue weighted by Gasteiger charge is -2.30. The van der Waals surface area contributed by atoms with E-state index in [0.29, 0.717) is 25.6 Å². The lowest BCUT2D eigenvalue weighted by Crippen LogP contribution is -2.42. The summed E-state index contributed by atoms with van der Waals surface area (Å²) >= 11 is 0. The van der Waals surface area contributed by atoms with Crippen molar-refractivity contribution in [1.82, 2.24) is 15.5 Å². The molecule has 0 heterocycles. The molecule has 0 saturated heterocycles. The van der Waals surface area contributed by atoms with Gasteiger partial charge in [0.2, 0.25) is 0 Å². The predicted octanol–water partition coefficient (Wildman–Crippen LogP) is 2.21. The SMILES string of the molecule is C#CCNC(=NCCCN(C(=O)OC(C)(C)C)C(C)C)NCC. The van der Waals surface area contributed by atoms with E-state index in [1.54, 1.807) is 4.90 Å². The number of guanidine groups is 1. The Labute approximate surface area is 141 Å². The van der Waals surface area contributed by atoms with Crippen LogP contribution in [0.2, 0.25) is 0 Å². The average molecular weight is 324 g/mol. The first-order valence-electron chi connectivity index (χ1n) is 8.16. The van der Waals surface area contributed by atoms with Gasteiger partial charge in [-0.05, 0) is 48.0 Å². The molecule has 0 spiro atoms. The Balaban J connectivity index is 4.47. The van der Waals surface area contributed by atoms with E-state index in [1.165, 1.54) is 0 Å². The van der Waals surface area contributed by atoms with Crippen LogP contribution in [0.4, 0.5) is 4.79 Å². The molecule has 0 unspecified atom stereocenters. The second kappa shape index (κ2) is 10.8. The standard InChI is InChI=1S/C17H32N4O2/c1-8-11-19-15(18-9-2)20-12-10-13-21(14(3)4)16(22)23-17(5,6)7/h1,14H,9-13H2,2-7H3,(H2,18,19,20). The Bertz CT molecular complexity index is 419. The molecule has 0 aromatic heterocycles. The molecule has 0 saturated carbocycles. The molecule has 0 aliphatic rings. The van der Waals surface area contributed by atoms with E-state index in [4.69, 9.17) is 11.2 Å². The second-order valence-corrected chi connectivity index (χ2v) is 6.44. The van der Waals surface area contributed by atoms with Gasteiger partial charge >= 0.3 is 6.09 Å². The van der Waals surface area contributed by atoms with Crippen LogP contribution >= 0.6 is 0 Å². The first-order chi connectivity index (χ1) is 10.7. The minimum Gasteiger partial charge on any atom is -0.444 e. The summed E-state index contributed by atoms with van der Waals surface area (Å²) in [7, 11) is 0. The summed E-state index contributed by atoms with van der Waals surface area (Å²) in [5, 5.41) is 6.15. The smallest absolute Gasteiger partial charge is 0.410 e. The van der Waals surface area contributed by atoms with E-state index in [1.807, 2.05) is 41.5 Å². The summed E-state index contributed by atoms with van der Waals surface area (Å²) in [6, 6.07) is 0.0848. The van der Waals surface area contributed by atoms with Crippen LogP contribution in [0.1, 0.15) is 48.0 Å². The molecule has 0 fully saturated rings. The van der Waals surface area contributed by atoms with Gasteiger partial charge in [-0.2, -0.15) is 0 Å². The van der Waals surface area contributed by atoms with Gasteiger partial charge in [0.15, 0.2) is 5.96 Å². The second-order valence-electron chi connectivity index (χ2n) is 6.44. The Morgan fingerprint density at radius 1 is 1.35 bits per heavy atom. The van der Waals surface area contributed by atoms with Crippen molar-refractivity contribution in [3.63, 3.8) is 0 Å². The Morgan fingerprint density at radius 3 is 2.48 bits per heavy atom. The minimum absolute atomic E-state index is 0.0848. The Hall–Kier alpha value is -1.90. The molecular formula is C17H32N4O2. The van der Waals surface area contributed by atoms with Crippen LogP contribution < -0.4 is 10.6 Å². The van der Waals surface area contributed by atoms with Gasteiger partial charge in [0, 0.05) is 25.7 Å². The van der Waals surface area contributed by atoms with Gasteiger partial charge in [0.1, 0.15) is 5.60 Å². The number of aliphatic imine (C=N–C) groups is 1. The third-order valence-electron chi connectivity index (χ3n) is 2.78. The molecular weight excluding hydrogens is 292 g/mol. The van der Waals surface area contributed by atoms with Gasteiger partial charge in [-0.3, -0.25) is 4.99 Å². The van der Waals surface area contributed by atoms with Crippen molar-refractivity contribution in [3.05, 3.63) is 0 Å². The molecule has 0 rings (SSSR count). The number of ether oxygens (including phenoxy) is 1. The molecule has 2 N–H and O–H groups in total. The van der Waals surface area contributed by atoms with Crippen LogP contribution in [0.15, 0.2) is 4.99 Å². The molecule has 1 amide bonds. The maximum absolute atomic E-state index is 12.2. The van der Waals surface area contributed by atoms with Gasteiger partial charge in [0.25, 0.3) is 0 Å².